The SMILES string of the molecule is CC(C)C1=C2[C@H]3CC[C@@H]4[C@]5(C)CC[C@H]([C@@]6(C(=O)O)C[C@@H](C(=O)OCc7ccccc7)C6(C)C)C(C)(C)[C@H]5CC[C@@]4(C)[C@]3(C)CC[C@@]2(C(=O)N2CCC[C@H]2CN2CCC(F)CC2)CC1=O. The van der Waals surface area contributed by atoms with Crippen LogP contribution in [0.25, 0.3) is 0 Å². The van der Waals surface area contributed by atoms with E-state index in [9.17, 15) is 23.9 Å². The molecule has 1 N–H and O–H groups in total. The predicted octanol–water partition coefficient (Wildman–Crippen LogP) is 10.9. The third kappa shape index (κ3) is 6.39. The fraction of sp³-hybridized carbons (Fsp3) is 0.782. The fourth-order valence-corrected chi connectivity index (χ4v) is 18.0. The van der Waals surface area contributed by atoms with Crippen LogP contribution in [0.1, 0.15) is 158 Å². The number of carbonyl (C=O) groups excluding carboxylic acids is 3. The van der Waals surface area contributed by atoms with Gasteiger partial charge < -0.3 is 19.6 Å². The zero-order valence-electron chi connectivity index (χ0n) is 40.7. The molecule has 1 aromatic carbocycles. The van der Waals surface area contributed by atoms with Crippen molar-refractivity contribution in [3.8, 4) is 0 Å². The number of benzene rings is 1. The number of carboxylic acids is 1. The van der Waals surface area contributed by atoms with Crippen molar-refractivity contribution in [1.29, 1.82) is 0 Å². The number of hydrogen-bond donors (Lipinski definition) is 1. The van der Waals surface area contributed by atoms with Crippen LogP contribution in [0.15, 0.2) is 41.5 Å². The number of esters is 1. The van der Waals surface area contributed by atoms with E-state index in [1.165, 1.54) is 5.57 Å². The van der Waals surface area contributed by atoms with E-state index >= 15 is 4.79 Å². The topological polar surface area (TPSA) is 104 Å². The third-order valence-corrected chi connectivity index (χ3v) is 21.5. The second kappa shape index (κ2) is 15.8. The quantitative estimate of drug-likeness (QED) is 0.246. The van der Waals surface area contributed by atoms with Crippen LogP contribution in [-0.2, 0) is 30.5 Å². The Morgan fingerprint density at radius 3 is 2.16 bits per heavy atom. The minimum Gasteiger partial charge on any atom is -0.481 e. The maximum absolute atomic E-state index is 15.5. The number of nitrogens with zero attached hydrogens (tertiary/aromatic N) is 2. The first kappa shape index (κ1) is 46.1. The van der Waals surface area contributed by atoms with Gasteiger partial charge in [-0.15, -0.1) is 0 Å². The molecule has 7 fully saturated rings. The van der Waals surface area contributed by atoms with Crippen molar-refractivity contribution < 1.29 is 33.4 Å². The highest BCUT2D eigenvalue weighted by molar-refractivity contribution is 6.07. The molecule has 0 spiro atoms. The van der Waals surface area contributed by atoms with Crippen LogP contribution in [0.5, 0.6) is 0 Å². The highest BCUT2D eigenvalue weighted by Gasteiger charge is 2.76. The Labute approximate surface area is 383 Å². The van der Waals surface area contributed by atoms with Gasteiger partial charge >= 0.3 is 11.9 Å². The van der Waals surface area contributed by atoms with Crippen molar-refractivity contribution >= 4 is 23.6 Å². The summed E-state index contributed by atoms with van der Waals surface area (Å²) in [5.41, 5.74) is 0.0848. The number of ketones is 1. The number of carboxylic acid groups (broad SMARTS) is 1. The average Bonchev–Trinajstić information content (AvgIpc) is 3.83. The first-order valence-corrected chi connectivity index (χ1v) is 25.5. The summed E-state index contributed by atoms with van der Waals surface area (Å²) < 4.78 is 19.9. The number of hydrogen-bond acceptors (Lipinski definition) is 6. The fourth-order valence-electron chi connectivity index (χ4n) is 18.0. The van der Waals surface area contributed by atoms with Gasteiger partial charge in [0.2, 0.25) is 5.91 Å². The molecule has 5 saturated carbocycles. The number of rotatable bonds is 9. The standard InChI is InChI=1S/C55H79FN2O6/c1-34(2)44-40(59)31-54(47(61)58-27-13-16-37(58)32-57-28-21-36(56)22-29-57)26-25-52(8)38(45(44)54)17-18-43-51(7)23-19-42(49(3,4)41(51)20-24-53(43,52)9)55(48(62)63)30-39(50(55,5)6)46(60)64-33-35-14-11-10-12-15-35/h10-12,14-15,34,36-39,41-43H,13,16-33H2,1-9H3,(H,62,63)/t37-,38+,39-,41+,42-,43+,51+,52+,53+,54+,55+/m0/s1. The van der Waals surface area contributed by atoms with E-state index in [-0.39, 0.29) is 69.7 Å². The molecular formula is C55H79FN2O6. The molecule has 11 atom stereocenters. The van der Waals surface area contributed by atoms with Gasteiger partial charge in [-0.1, -0.05) is 92.6 Å². The average molecular weight is 883 g/mol. The summed E-state index contributed by atoms with van der Waals surface area (Å²) in [4.78, 5) is 61.9. The predicted molar refractivity (Wildman–Crippen MR) is 246 cm³/mol. The summed E-state index contributed by atoms with van der Waals surface area (Å²) >= 11 is 0. The minimum atomic E-state index is -1.04. The minimum absolute atomic E-state index is 0.00686. The van der Waals surface area contributed by atoms with Gasteiger partial charge in [0, 0.05) is 38.6 Å². The number of alkyl halides is 1. The van der Waals surface area contributed by atoms with Gasteiger partial charge in [0.25, 0.3) is 0 Å². The molecule has 9 heteroatoms. The maximum Gasteiger partial charge on any atom is 0.310 e. The number of amides is 1. The number of likely N-dealkylation sites (tertiary alicyclic amines) is 2. The lowest BCUT2D eigenvalue weighted by molar-refractivity contribution is -0.261. The van der Waals surface area contributed by atoms with Crippen LogP contribution in [0.4, 0.5) is 4.39 Å². The zero-order chi connectivity index (χ0) is 46.0. The van der Waals surface area contributed by atoms with Crippen LogP contribution in [0.3, 0.4) is 0 Å². The van der Waals surface area contributed by atoms with E-state index in [0.717, 1.165) is 95.1 Å². The van der Waals surface area contributed by atoms with Crippen LogP contribution in [0, 0.1) is 73.4 Å². The number of aliphatic carboxylic acids is 1. The molecule has 1 amide bonds. The van der Waals surface area contributed by atoms with Gasteiger partial charge in [0.15, 0.2) is 5.78 Å². The molecule has 0 unspecified atom stereocenters. The monoisotopic (exact) mass is 883 g/mol. The van der Waals surface area contributed by atoms with Gasteiger partial charge in [-0.3, -0.25) is 19.2 Å². The van der Waals surface area contributed by atoms with Gasteiger partial charge in [0.05, 0.1) is 16.7 Å². The van der Waals surface area contributed by atoms with Crippen LogP contribution >= 0.6 is 0 Å². The number of carbonyl (C=O) groups is 4. The summed E-state index contributed by atoms with van der Waals surface area (Å²) in [7, 11) is 0. The molecule has 0 aromatic heterocycles. The molecule has 2 aliphatic heterocycles. The lowest BCUT2D eigenvalue weighted by Gasteiger charge is -2.74. The van der Waals surface area contributed by atoms with Crippen molar-refractivity contribution in [1.82, 2.24) is 9.80 Å². The number of fused-ring (bicyclic) bond motifs is 7. The number of ether oxygens (including phenoxy) is 1. The first-order chi connectivity index (χ1) is 30.1. The summed E-state index contributed by atoms with van der Waals surface area (Å²) in [5.74, 6) is -0.304. The number of halogens is 1. The van der Waals surface area contributed by atoms with Crippen LogP contribution in [-0.4, -0.2) is 76.9 Å². The second-order valence-electron chi connectivity index (χ2n) is 24.8. The van der Waals surface area contributed by atoms with Gasteiger partial charge in [-0.25, -0.2) is 4.39 Å². The molecule has 0 bridgehead atoms. The van der Waals surface area contributed by atoms with E-state index in [2.05, 4.69) is 58.3 Å². The van der Waals surface area contributed by atoms with Crippen molar-refractivity contribution in [3.05, 3.63) is 47.0 Å². The summed E-state index contributed by atoms with van der Waals surface area (Å²) in [6, 6.07) is 9.78. The van der Waals surface area contributed by atoms with Crippen molar-refractivity contribution in [3.63, 3.8) is 0 Å². The van der Waals surface area contributed by atoms with Crippen molar-refractivity contribution in [2.45, 2.75) is 171 Å². The number of allylic oxidation sites excluding steroid dienone is 1. The largest absolute Gasteiger partial charge is 0.481 e. The van der Waals surface area contributed by atoms with E-state index in [0.29, 0.717) is 43.9 Å². The maximum atomic E-state index is 15.5. The number of piperidine rings is 1. The van der Waals surface area contributed by atoms with E-state index in [1.54, 1.807) is 0 Å². The molecule has 8 nitrogen and oxygen atoms in total. The summed E-state index contributed by atoms with van der Waals surface area (Å²) in [6.45, 7) is 23.9. The Bertz CT molecular complexity index is 2070. The van der Waals surface area contributed by atoms with Crippen LogP contribution < -0.4 is 0 Å². The highest BCUT2D eigenvalue weighted by Crippen LogP contribution is 2.79. The van der Waals surface area contributed by atoms with Crippen molar-refractivity contribution in [2.75, 3.05) is 26.2 Å². The summed E-state index contributed by atoms with van der Waals surface area (Å²) in [5, 5.41) is 11.3. The second-order valence-corrected chi connectivity index (χ2v) is 24.8. The Morgan fingerprint density at radius 2 is 1.50 bits per heavy atom. The molecule has 8 aliphatic rings. The number of Topliss-reactive ketones (excluding diaryl/α,β-unsaturated/α-hetero) is 1. The molecule has 64 heavy (non-hydrogen) atoms. The highest BCUT2D eigenvalue weighted by atomic mass is 19.1. The third-order valence-electron chi connectivity index (χ3n) is 21.5. The van der Waals surface area contributed by atoms with Gasteiger partial charge in [-0.2, -0.15) is 0 Å². The lowest BCUT2D eigenvalue weighted by Crippen LogP contribution is -2.71. The summed E-state index contributed by atoms with van der Waals surface area (Å²) in [6.07, 6.45) is 10.4. The molecule has 1 aromatic rings. The smallest absolute Gasteiger partial charge is 0.310 e. The lowest BCUT2D eigenvalue weighted by atomic mass is 9.29. The molecular weight excluding hydrogens is 804 g/mol. The van der Waals surface area contributed by atoms with E-state index in [1.807, 2.05) is 44.2 Å². The Hall–Kier alpha value is -3.07. The molecule has 9 rings (SSSR count). The van der Waals surface area contributed by atoms with E-state index < -0.39 is 34.3 Å². The molecule has 2 heterocycles. The Kier molecular flexibility index (Phi) is 11.3. The zero-order valence-corrected chi connectivity index (χ0v) is 40.7. The van der Waals surface area contributed by atoms with Crippen LogP contribution in [0.2, 0.25) is 0 Å². The van der Waals surface area contributed by atoms with E-state index in [4.69, 9.17) is 4.74 Å². The van der Waals surface area contributed by atoms with Gasteiger partial charge in [0.1, 0.15) is 12.8 Å². The Balaban J connectivity index is 0.980. The van der Waals surface area contributed by atoms with Gasteiger partial charge in [-0.05, 0) is 157 Å². The molecule has 0 radical (unpaired) electrons. The molecule has 2 saturated heterocycles. The molecule has 352 valence electrons. The first-order valence-electron chi connectivity index (χ1n) is 25.5. The Morgan fingerprint density at radius 1 is 0.812 bits per heavy atom. The molecule has 6 aliphatic carbocycles. The normalized spacial score (nSPS) is 41.7. The van der Waals surface area contributed by atoms with Crippen molar-refractivity contribution in [2.24, 2.45) is 73.4 Å².